The molecule has 14 heavy (non-hydrogen) atoms. The number of hydrogen-bond acceptors (Lipinski definition) is 0. The topological polar surface area (TPSA) is 0 Å². The summed E-state index contributed by atoms with van der Waals surface area (Å²) >= 11 is 0. The molecule has 0 N–H and O–H groups in total. The predicted octanol–water partition coefficient (Wildman–Crippen LogP) is 6.30. The Morgan fingerprint density at radius 3 is 1.14 bits per heavy atom. The van der Waals surface area contributed by atoms with E-state index in [-0.39, 0.29) is 7.43 Å². The highest BCUT2D eigenvalue weighted by molar-refractivity contribution is 4.54. The van der Waals surface area contributed by atoms with E-state index >= 15 is 0 Å². The third-order valence-corrected chi connectivity index (χ3v) is 1.97. The SMILES string of the molecule is C.CC.CC.CCCC(CC)CCC. The van der Waals surface area contributed by atoms with Gasteiger partial charge in [0.15, 0.2) is 0 Å². The highest BCUT2D eigenvalue weighted by atomic mass is 14.1. The van der Waals surface area contributed by atoms with Crippen molar-refractivity contribution in [1.29, 1.82) is 0 Å². The first-order chi connectivity index (χ1) is 6.35. The minimum Gasteiger partial charge on any atom is -0.0776 e. The molecule has 0 nitrogen and oxygen atoms in total. The summed E-state index contributed by atoms with van der Waals surface area (Å²) in [6.45, 7) is 14.9. The zero-order valence-electron chi connectivity index (χ0n) is 11.1. The van der Waals surface area contributed by atoms with Gasteiger partial charge in [-0.2, -0.15) is 0 Å². The molecule has 0 unspecified atom stereocenters. The van der Waals surface area contributed by atoms with E-state index in [1.54, 1.807) is 0 Å². The fourth-order valence-corrected chi connectivity index (χ4v) is 1.37. The Morgan fingerprint density at radius 1 is 0.714 bits per heavy atom. The van der Waals surface area contributed by atoms with Gasteiger partial charge in [0.05, 0.1) is 0 Å². The van der Waals surface area contributed by atoms with Crippen molar-refractivity contribution >= 4 is 0 Å². The maximum absolute atomic E-state index is 2.30. The molecule has 0 amide bonds. The van der Waals surface area contributed by atoms with E-state index in [0.29, 0.717) is 0 Å². The first kappa shape index (κ1) is 23.7. The third kappa shape index (κ3) is 22.7. The monoisotopic (exact) mass is 204 g/mol. The molecule has 0 aromatic carbocycles. The van der Waals surface area contributed by atoms with Gasteiger partial charge in [0.1, 0.15) is 0 Å². The molecular formula is C14H36. The second-order valence-corrected chi connectivity index (χ2v) is 2.85. The lowest BCUT2D eigenvalue weighted by molar-refractivity contribution is 0.427. The number of rotatable bonds is 5. The van der Waals surface area contributed by atoms with Crippen molar-refractivity contribution in [2.24, 2.45) is 5.92 Å². The van der Waals surface area contributed by atoms with E-state index in [1.165, 1.54) is 32.1 Å². The van der Waals surface area contributed by atoms with Gasteiger partial charge in [0.2, 0.25) is 0 Å². The van der Waals surface area contributed by atoms with Gasteiger partial charge in [-0.05, 0) is 5.92 Å². The van der Waals surface area contributed by atoms with Crippen LogP contribution in [0.2, 0.25) is 0 Å². The van der Waals surface area contributed by atoms with Crippen LogP contribution in [0.1, 0.15) is 88.0 Å². The van der Waals surface area contributed by atoms with Crippen molar-refractivity contribution < 1.29 is 0 Å². The van der Waals surface area contributed by atoms with E-state index in [1.807, 2.05) is 27.7 Å². The predicted molar refractivity (Wildman–Crippen MR) is 73.0 cm³/mol. The minimum absolute atomic E-state index is 0. The van der Waals surface area contributed by atoms with Crippen LogP contribution in [0.5, 0.6) is 0 Å². The van der Waals surface area contributed by atoms with Gasteiger partial charge in [0, 0.05) is 0 Å². The van der Waals surface area contributed by atoms with Crippen molar-refractivity contribution in [1.82, 2.24) is 0 Å². The van der Waals surface area contributed by atoms with Gasteiger partial charge in [-0.3, -0.25) is 0 Å². The molecule has 0 saturated heterocycles. The maximum atomic E-state index is 2.30. The molecule has 0 atom stereocenters. The largest absolute Gasteiger partial charge is 0.0776 e. The third-order valence-electron chi connectivity index (χ3n) is 1.97. The maximum Gasteiger partial charge on any atom is -0.0417 e. The summed E-state index contributed by atoms with van der Waals surface area (Å²) in [7, 11) is 0. The average Bonchev–Trinajstić information content (AvgIpc) is 2.23. The Kier molecular flexibility index (Phi) is 49.4. The first-order valence-corrected chi connectivity index (χ1v) is 6.35. The summed E-state index contributed by atoms with van der Waals surface area (Å²) in [5.74, 6) is 1.01. The fraction of sp³-hybridized carbons (Fsp3) is 1.00. The Bertz CT molecular complexity index is 42.0. The summed E-state index contributed by atoms with van der Waals surface area (Å²) in [5.41, 5.74) is 0. The molecule has 0 radical (unpaired) electrons. The molecule has 0 saturated carbocycles. The van der Waals surface area contributed by atoms with E-state index in [9.17, 15) is 0 Å². The average molecular weight is 204 g/mol. The smallest absolute Gasteiger partial charge is 0.0417 e. The molecule has 0 aromatic rings. The molecule has 0 aromatic heterocycles. The molecule has 0 spiro atoms. The second kappa shape index (κ2) is 29.2. The molecule has 0 fully saturated rings. The number of hydrogen-bond donors (Lipinski definition) is 0. The van der Waals surface area contributed by atoms with E-state index in [2.05, 4.69) is 20.8 Å². The lowest BCUT2D eigenvalue weighted by Gasteiger charge is -2.10. The van der Waals surface area contributed by atoms with Crippen LogP contribution in [0, 0.1) is 5.92 Å². The van der Waals surface area contributed by atoms with Gasteiger partial charge in [-0.1, -0.05) is 88.0 Å². The lowest BCUT2D eigenvalue weighted by atomic mass is 9.96. The molecule has 0 heterocycles. The zero-order valence-corrected chi connectivity index (χ0v) is 11.1. The molecule has 0 bridgehead atoms. The van der Waals surface area contributed by atoms with Gasteiger partial charge in [-0.15, -0.1) is 0 Å². The lowest BCUT2D eigenvalue weighted by Crippen LogP contribution is -1.96. The molecule has 0 aliphatic heterocycles. The van der Waals surface area contributed by atoms with E-state index in [0.717, 1.165) is 5.92 Å². The van der Waals surface area contributed by atoms with Crippen molar-refractivity contribution in [3.63, 3.8) is 0 Å². The van der Waals surface area contributed by atoms with Crippen LogP contribution in [0.3, 0.4) is 0 Å². The molecule has 0 aliphatic carbocycles. The Hall–Kier alpha value is 0. The quantitative estimate of drug-likeness (QED) is 0.493. The second-order valence-electron chi connectivity index (χ2n) is 2.85. The first-order valence-electron chi connectivity index (χ1n) is 6.35. The van der Waals surface area contributed by atoms with Crippen molar-refractivity contribution in [3.05, 3.63) is 0 Å². The van der Waals surface area contributed by atoms with Gasteiger partial charge in [0.25, 0.3) is 0 Å². The molecule has 0 rings (SSSR count). The van der Waals surface area contributed by atoms with E-state index in [4.69, 9.17) is 0 Å². The van der Waals surface area contributed by atoms with Crippen LogP contribution in [-0.2, 0) is 0 Å². The van der Waals surface area contributed by atoms with Crippen molar-refractivity contribution in [3.8, 4) is 0 Å². The van der Waals surface area contributed by atoms with Gasteiger partial charge >= 0.3 is 0 Å². The van der Waals surface area contributed by atoms with E-state index < -0.39 is 0 Å². The standard InChI is InChI=1S/C9H20.2C2H6.CH4/c1-4-7-9(6-3)8-5-2;2*1-2;/h9H,4-8H2,1-3H3;2*1-2H3;1H4. The molecule has 92 valence electrons. The van der Waals surface area contributed by atoms with Crippen LogP contribution in [-0.4, -0.2) is 0 Å². The summed E-state index contributed by atoms with van der Waals surface area (Å²) in [6, 6.07) is 0. The van der Waals surface area contributed by atoms with Gasteiger partial charge < -0.3 is 0 Å². The Morgan fingerprint density at radius 2 is 1.00 bits per heavy atom. The van der Waals surface area contributed by atoms with Crippen LogP contribution >= 0.6 is 0 Å². The summed E-state index contributed by atoms with van der Waals surface area (Å²) in [4.78, 5) is 0. The summed E-state index contributed by atoms with van der Waals surface area (Å²) in [5, 5.41) is 0. The normalized spacial score (nSPS) is 7.71. The Balaban J connectivity index is -0.0000000883. The van der Waals surface area contributed by atoms with Crippen molar-refractivity contribution in [2.45, 2.75) is 88.0 Å². The fourth-order valence-electron chi connectivity index (χ4n) is 1.37. The highest BCUT2D eigenvalue weighted by Gasteiger charge is 2.01. The minimum atomic E-state index is 0. The highest BCUT2D eigenvalue weighted by Crippen LogP contribution is 2.16. The molecule has 0 aliphatic rings. The summed E-state index contributed by atoms with van der Waals surface area (Å²) in [6.07, 6.45) is 6.97. The summed E-state index contributed by atoms with van der Waals surface area (Å²) < 4.78 is 0. The molecular weight excluding hydrogens is 168 g/mol. The molecule has 0 heteroatoms. The van der Waals surface area contributed by atoms with Crippen LogP contribution in [0.25, 0.3) is 0 Å². The Labute approximate surface area is 94.5 Å². The zero-order chi connectivity index (χ0) is 11.1. The van der Waals surface area contributed by atoms with Gasteiger partial charge in [-0.25, -0.2) is 0 Å². The van der Waals surface area contributed by atoms with Crippen LogP contribution in [0.15, 0.2) is 0 Å². The van der Waals surface area contributed by atoms with Crippen molar-refractivity contribution in [2.75, 3.05) is 0 Å². The van der Waals surface area contributed by atoms with Crippen LogP contribution < -0.4 is 0 Å². The van der Waals surface area contributed by atoms with Crippen LogP contribution in [0.4, 0.5) is 0 Å².